The predicted molar refractivity (Wildman–Crippen MR) is 65.7 cm³/mol. The van der Waals surface area contributed by atoms with Crippen molar-refractivity contribution in [3.63, 3.8) is 0 Å². The van der Waals surface area contributed by atoms with Crippen molar-refractivity contribution in [2.24, 2.45) is 5.10 Å². The van der Waals surface area contributed by atoms with E-state index < -0.39 is 0 Å². The molecule has 4 nitrogen and oxygen atoms in total. The summed E-state index contributed by atoms with van der Waals surface area (Å²) >= 11 is 0. The third kappa shape index (κ3) is 4.19. The fraction of sp³-hybridized carbons (Fsp3) is 0.154. The van der Waals surface area contributed by atoms with Crippen molar-refractivity contribution in [2.75, 3.05) is 6.54 Å². The lowest BCUT2D eigenvalue weighted by Gasteiger charge is -2.10. The van der Waals surface area contributed by atoms with Crippen LogP contribution in [0, 0.1) is 22.7 Å². The van der Waals surface area contributed by atoms with Crippen LogP contribution in [0.15, 0.2) is 47.2 Å². The van der Waals surface area contributed by atoms with Crippen LogP contribution >= 0.6 is 0 Å². The molecule has 1 aromatic carbocycles. The van der Waals surface area contributed by atoms with Crippen LogP contribution in [0.25, 0.3) is 0 Å². The molecule has 84 valence electrons. The van der Waals surface area contributed by atoms with Gasteiger partial charge < -0.3 is 0 Å². The molecule has 0 bridgehead atoms. The quantitative estimate of drug-likeness (QED) is 0.447. The molecule has 0 unspecified atom stereocenters. The monoisotopic (exact) mass is 224 g/mol. The van der Waals surface area contributed by atoms with Gasteiger partial charge in [0, 0.05) is 6.54 Å². The van der Waals surface area contributed by atoms with E-state index in [1.54, 1.807) is 23.4 Å². The third-order valence-corrected chi connectivity index (χ3v) is 2.00. The number of hydrazone groups is 1. The summed E-state index contributed by atoms with van der Waals surface area (Å²) in [5.41, 5.74) is 1.01. The van der Waals surface area contributed by atoms with Crippen molar-refractivity contribution in [1.29, 1.82) is 10.5 Å². The van der Waals surface area contributed by atoms with Crippen LogP contribution in [0.5, 0.6) is 0 Å². The molecule has 0 heterocycles. The van der Waals surface area contributed by atoms with Gasteiger partial charge in [-0.3, -0.25) is 5.01 Å². The highest BCUT2D eigenvalue weighted by atomic mass is 15.4. The van der Waals surface area contributed by atoms with Crippen LogP contribution in [-0.2, 0) is 0 Å². The number of nitrogens with zero attached hydrogens (tertiary/aromatic N) is 4. The van der Waals surface area contributed by atoms with Gasteiger partial charge >= 0.3 is 0 Å². The molecule has 1 rings (SSSR count). The van der Waals surface area contributed by atoms with Gasteiger partial charge in [-0.05, 0) is 12.5 Å². The van der Waals surface area contributed by atoms with Crippen LogP contribution in [0.2, 0.25) is 0 Å². The molecule has 0 aliphatic heterocycles. The van der Waals surface area contributed by atoms with E-state index in [4.69, 9.17) is 10.5 Å². The Hall–Kier alpha value is -2.59. The maximum Gasteiger partial charge on any atom is 0.147 e. The van der Waals surface area contributed by atoms with Crippen molar-refractivity contribution in [3.8, 4) is 12.1 Å². The summed E-state index contributed by atoms with van der Waals surface area (Å²) in [6, 6.07) is 13.2. The second kappa shape index (κ2) is 6.81. The number of rotatable bonds is 4. The summed E-state index contributed by atoms with van der Waals surface area (Å²) in [5.74, 6) is 0. The number of benzene rings is 1. The van der Waals surface area contributed by atoms with Crippen molar-refractivity contribution in [2.45, 2.75) is 6.92 Å². The van der Waals surface area contributed by atoms with Gasteiger partial charge in [0.05, 0.1) is 12.4 Å². The Morgan fingerprint density at radius 2 is 1.94 bits per heavy atom. The first-order valence-electron chi connectivity index (χ1n) is 5.17. The van der Waals surface area contributed by atoms with Gasteiger partial charge in [-0.25, -0.2) is 0 Å². The standard InChI is InChI=1S/C13H12N4/c1-2-17(11-13(8-14)9-15)16-10-12-6-4-3-5-7-12/h3-7,10-11H,2H2,1H3/b16-10-. The molecule has 17 heavy (non-hydrogen) atoms. The van der Waals surface area contributed by atoms with E-state index in [9.17, 15) is 0 Å². The molecule has 0 saturated carbocycles. The van der Waals surface area contributed by atoms with E-state index in [0.717, 1.165) is 5.56 Å². The minimum atomic E-state index is 0.0389. The minimum absolute atomic E-state index is 0.0389. The lowest BCUT2D eigenvalue weighted by Crippen LogP contribution is -2.09. The van der Waals surface area contributed by atoms with E-state index in [1.807, 2.05) is 37.3 Å². The molecule has 0 radical (unpaired) electrons. The van der Waals surface area contributed by atoms with Gasteiger partial charge in [0.15, 0.2) is 0 Å². The average Bonchev–Trinajstić information content (AvgIpc) is 2.40. The Bertz CT molecular complexity index is 472. The zero-order valence-corrected chi connectivity index (χ0v) is 9.54. The lowest BCUT2D eigenvalue weighted by atomic mass is 10.2. The van der Waals surface area contributed by atoms with Crippen LogP contribution in [0.3, 0.4) is 0 Å². The zero-order chi connectivity index (χ0) is 12.5. The first-order chi connectivity index (χ1) is 8.30. The third-order valence-electron chi connectivity index (χ3n) is 2.00. The first kappa shape index (κ1) is 12.5. The maximum absolute atomic E-state index is 8.64. The fourth-order valence-electron chi connectivity index (χ4n) is 1.12. The summed E-state index contributed by atoms with van der Waals surface area (Å²) in [6.45, 7) is 2.49. The first-order valence-corrected chi connectivity index (χ1v) is 5.17. The highest BCUT2D eigenvalue weighted by Crippen LogP contribution is 1.99. The molecule has 0 N–H and O–H groups in total. The molecule has 1 aromatic rings. The summed E-state index contributed by atoms with van der Waals surface area (Å²) < 4.78 is 0. The van der Waals surface area contributed by atoms with E-state index >= 15 is 0 Å². The number of nitriles is 2. The van der Waals surface area contributed by atoms with Crippen molar-refractivity contribution in [1.82, 2.24) is 5.01 Å². The van der Waals surface area contributed by atoms with Crippen LogP contribution in [0.4, 0.5) is 0 Å². The predicted octanol–water partition coefficient (Wildman–Crippen LogP) is 2.27. The van der Waals surface area contributed by atoms with E-state index in [-0.39, 0.29) is 5.57 Å². The summed E-state index contributed by atoms with van der Waals surface area (Å²) in [6.07, 6.45) is 3.12. The molecule has 0 spiro atoms. The van der Waals surface area contributed by atoms with Gasteiger partial charge in [-0.1, -0.05) is 30.3 Å². The maximum atomic E-state index is 8.64. The molecule has 0 aliphatic rings. The molecule has 0 aromatic heterocycles. The zero-order valence-electron chi connectivity index (χ0n) is 9.54. The summed E-state index contributed by atoms with van der Waals surface area (Å²) in [4.78, 5) is 0. The molecular formula is C13H12N4. The van der Waals surface area contributed by atoms with Crippen LogP contribution in [0.1, 0.15) is 12.5 Å². The van der Waals surface area contributed by atoms with Gasteiger partial charge in [-0.15, -0.1) is 0 Å². The summed E-state index contributed by atoms with van der Waals surface area (Å²) in [7, 11) is 0. The molecule has 0 amide bonds. The minimum Gasteiger partial charge on any atom is -0.271 e. The van der Waals surface area contributed by atoms with Crippen LogP contribution < -0.4 is 0 Å². The highest BCUT2D eigenvalue weighted by Gasteiger charge is 1.96. The molecule has 0 aliphatic carbocycles. The average molecular weight is 224 g/mol. The van der Waals surface area contributed by atoms with E-state index in [2.05, 4.69) is 5.10 Å². The van der Waals surface area contributed by atoms with Gasteiger partial charge in [-0.2, -0.15) is 15.6 Å². The number of hydrogen-bond donors (Lipinski definition) is 0. The Balaban J connectivity index is 2.79. The molecule has 0 saturated heterocycles. The second-order valence-electron chi connectivity index (χ2n) is 3.18. The van der Waals surface area contributed by atoms with E-state index in [1.165, 1.54) is 6.20 Å². The normalized spacial score (nSPS) is 9.35. The lowest BCUT2D eigenvalue weighted by molar-refractivity contribution is 0.423. The fourth-order valence-corrected chi connectivity index (χ4v) is 1.12. The Morgan fingerprint density at radius 3 is 2.47 bits per heavy atom. The smallest absolute Gasteiger partial charge is 0.147 e. The van der Waals surface area contributed by atoms with Gasteiger partial charge in [0.25, 0.3) is 0 Å². The van der Waals surface area contributed by atoms with Gasteiger partial charge in [0.1, 0.15) is 17.7 Å². The van der Waals surface area contributed by atoms with Crippen molar-refractivity contribution < 1.29 is 0 Å². The molecule has 4 heteroatoms. The van der Waals surface area contributed by atoms with Crippen molar-refractivity contribution in [3.05, 3.63) is 47.7 Å². The Labute approximate surface area is 101 Å². The second-order valence-corrected chi connectivity index (χ2v) is 3.18. The Kier molecular flexibility index (Phi) is 5.00. The van der Waals surface area contributed by atoms with Crippen molar-refractivity contribution >= 4 is 6.21 Å². The summed E-state index contributed by atoms with van der Waals surface area (Å²) in [5, 5.41) is 23.0. The number of allylic oxidation sites excluding steroid dienone is 1. The Morgan fingerprint density at radius 1 is 1.29 bits per heavy atom. The molecule has 0 fully saturated rings. The SMILES string of the molecule is CCN(C=C(C#N)C#N)/N=C\c1ccccc1. The van der Waals surface area contributed by atoms with Crippen LogP contribution in [-0.4, -0.2) is 17.8 Å². The topological polar surface area (TPSA) is 63.2 Å². The molecule has 0 atom stereocenters. The largest absolute Gasteiger partial charge is 0.271 e. The van der Waals surface area contributed by atoms with E-state index in [0.29, 0.717) is 6.54 Å². The number of hydrogen-bond acceptors (Lipinski definition) is 4. The highest BCUT2D eigenvalue weighted by molar-refractivity contribution is 5.79. The van der Waals surface area contributed by atoms with Gasteiger partial charge in [0.2, 0.25) is 0 Å². The molecular weight excluding hydrogens is 212 g/mol.